The number of rotatable bonds is 3. The first-order valence-corrected chi connectivity index (χ1v) is 6.08. The minimum absolute atomic E-state index is 0.00908. The molecule has 0 aliphatic rings. The molecule has 18 heavy (non-hydrogen) atoms. The van der Waals surface area contributed by atoms with Gasteiger partial charge in [-0.15, -0.1) is 0 Å². The Hall–Kier alpha value is -1.71. The van der Waals surface area contributed by atoms with E-state index in [-0.39, 0.29) is 17.6 Å². The van der Waals surface area contributed by atoms with Gasteiger partial charge in [0.25, 0.3) is 5.91 Å². The lowest BCUT2D eigenvalue weighted by Gasteiger charge is -2.22. The molecule has 4 nitrogen and oxygen atoms in total. The predicted octanol–water partition coefficient (Wildman–Crippen LogP) is 2.58. The molecular formula is C14H22N2O2. The van der Waals surface area contributed by atoms with E-state index in [9.17, 15) is 4.79 Å². The van der Waals surface area contributed by atoms with E-state index in [1.54, 1.807) is 18.2 Å². The smallest absolute Gasteiger partial charge is 0.255 e. The number of nitrogen functional groups attached to an aromatic ring is 1. The van der Waals surface area contributed by atoms with Gasteiger partial charge in [-0.2, -0.15) is 0 Å². The number of amides is 1. The number of anilines is 1. The second kappa shape index (κ2) is 5.29. The maximum Gasteiger partial charge on any atom is 0.255 e. The second-order valence-electron chi connectivity index (χ2n) is 5.63. The van der Waals surface area contributed by atoms with Crippen LogP contribution in [-0.4, -0.2) is 17.6 Å². The quantitative estimate of drug-likeness (QED) is 0.810. The van der Waals surface area contributed by atoms with Gasteiger partial charge in [0.2, 0.25) is 0 Å². The van der Waals surface area contributed by atoms with Gasteiger partial charge >= 0.3 is 0 Å². The highest BCUT2D eigenvalue weighted by molar-refractivity contribution is 5.98. The molecule has 0 radical (unpaired) electrons. The lowest BCUT2D eigenvalue weighted by molar-refractivity contribution is 0.0914. The zero-order valence-electron chi connectivity index (χ0n) is 11.7. The molecule has 0 aliphatic heterocycles. The molecule has 4 heteroatoms. The third kappa shape index (κ3) is 4.28. The van der Waals surface area contributed by atoms with Gasteiger partial charge in [0.05, 0.1) is 11.7 Å². The minimum atomic E-state index is -0.295. The van der Waals surface area contributed by atoms with Gasteiger partial charge in [0, 0.05) is 11.2 Å². The number of ether oxygens (including phenoxy) is 1. The van der Waals surface area contributed by atoms with Crippen LogP contribution in [0, 0.1) is 0 Å². The van der Waals surface area contributed by atoms with Crippen LogP contribution in [0.4, 0.5) is 5.69 Å². The summed E-state index contributed by atoms with van der Waals surface area (Å²) in [4.78, 5) is 12.2. The molecule has 0 saturated heterocycles. The molecule has 1 aromatic rings. The van der Waals surface area contributed by atoms with Crippen molar-refractivity contribution in [3.05, 3.63) is 23.8 Å². The van der Waals surface area contributed by atoms with Gasteiger partial charge in [0.15, 0.2) is 0 Å². The van der Waals surface area contributed by atoms with Crippen molar-refractivity contribution < 1.29 is 9.53 Å². The fourth-order valence-electron chi connectivity index (χ4n) is 1.49. The number of benzene rings is 1. The van der Waals surface area contributed by atoms with Crippen molar-refractivity contribution in [1.29, 1.82) is 0 Å². The zero-order chi connectivity index (χ0) is 13.9. The van der Waals surface area contributed by atoms with Gasteiger partial charge < -0.3 is 15.8 Å². The number of nitrogens with one attached hydrogen (secondary N) is 1. The predicted molar refractivity (Wildman–Crippen MR) is 73.8 cm³/mol. The third-order valence-corrected chi connectivity index (χ3v) is 2.10. The van der Waals surface area contributed by atoms with Crippen molar-refractivity contribution in [3.8, 4) is 5.75 Å². The summed E-state index contributed by atoms with van der Waals surface area (Å²) in [6.45, 7) is 9.63. The van der Waals surface area contributed by atoms with Crippen molar-refractivity contribution in [2.45, 2.75) is 46.3 Å². The van der Waals surface area contributed by atoms with Gasteiger partial charge in [0.1, 0.15) is 5.75 Å². The summed E-state index contributed by atoms with van der Waals surface area (Å²) in [5.41, 5.74) is 6.45. The van der Waals surface area contributed by atoms with Gasteiger partial charge in [-0.1, -0.05) is 0 Å². The molecule has 0 heterocycles. The maximum absolute atomic E-state index is 12.2. The Kier molecular flexibility index (Phi) is 4.22. The van der Waals surface area contributed by atoms with E-state index in [0.29, 0.717) is 17.0 Å². The van der Waals surface area contributed by atoms with Crippen LogP contribution in [0.5, 0.6) is 5.75 Å². The van der Waals surface area contributed by atoms with E-state index in [1.807, 2.05) is 34.6 Å². The van der Waals surface area contributed by atoms with Crippen LogP contribution in [0.15, 0.2) is 18.2 Å². The molecule has 100 valence electrons. The van der Waals surface area contributed by atoms with Crippen molar-refractivity contribution in [2.75, 3.05) is 5.73 Å². The molecule has 0 bridgehead atoms. The Morgan fingerprint density at radius 2 is 1.94 bits per heavy atom. The topological polar surface area (TPSA) is 64.3 Å². The summed E-state index contributed by atoms with van der Waals surface area (Å²) in [6.07, 6.45) is 0.00908. The molecule has 1 rings (SSSR count). The van der Waals surface area contributed by atoms with E-state index < -0.39 is 0 Å². The second-order valence-corrected chi connectivity index (χ2v) is 5.63. The number of carbonyl (C=O) groups excluding carboxylic acids is 1. The Labute approximate surface area is 109 Å². The molecule has 1 amide bonds. The largest absolute Gasteiger partial charge is 0.490 e. The van der Waals surface area contributed by atoms with Crippen LogP contribution in [0.3, 0.4) is 0 Å². The molecule has 0 aliphatic carbocycles. The summed E-state index contributed by atoms with van der Waals surface area (Å²) >= 11 is 0. The molecule has 0 aromatic heterocycles. The van der Waals surface area contributed by atoms with Crippen molar-refractivity contribution in [3.63, 3.8) is 0 Å². The first-order chi connectivity index (χ1) is 8.19. The Balaban J connectivity index is 3.05. The van der Waals surface area contributed by atoms with Crippen LogP contribution >= 0.6 is 0 Å². The summed E-state index contributed by atoms with van der Waals surface area (Å²) in [7, 11) is 0. The van der Waals surface area contributed by atoms with Crippen molar-refractivity contribution in [2.24, 2.45) is 0 Å². The fourth-order valence-corrected chi connectivity index (χ4v) is 1.49. The molecular weight excluding hydrogens is 228 g/mol. The van der Waals surface area contributed by atoms with Gasteiger partial charge in [-0.05, 0) is 52.8 Å². The maximum atomic E-state index is 12.2. The van der Waals surface area contributed by atoms with Crippen molar-refractivity contribution >= 4 is 11.6 Å². The lowest BCUT2D eigenvalue weighted by Crippen LogP contribution is -2.40. The molecule has 0 atom stereocenters. The number of hydrogen-bond acceptors (Lipinski definition) is 3. The van der Waals surface area contributed by atoms with E-state index in [0.717, 1.165) is 0 Å². The normalized spacial score (nSPS) is 11.4. The first-order valence-electron chi connectivity index (χ1n) is 6.08. The van der Waals surface area contributed by atoms with Crippen LogP contribution in [0.25, 0.3) is 0 Å². The highest BCUT2D eigenvalue weighted by Gasteiger charge is 2.19. The van der Waals surface area contributed by atoms with E-state index in [2.05, 4.69) is 5.32 Å². The number of carbonyl (C=O) groups is 1. The summed E-state index contributed by atoms with van der Waals surface area (Å²) < 4.78 is 5.62. The monoisotopic (exact) mass is 250 g/mol. The molecule has 1 aromatic carbocycles. The van der Waals surface area contributed by atoms with Crippen LogP contribution in [0.1, 0.15) is 45.0 Å². The average Bonchev–Trinajstić information content (AvgIpc) is 2.17. The Morgan fingerprint density at radius 3 is 2.44 bits per heavy atom. The van der Waals surface area contributed by atoms with Gasteiger partial charge in [-0.25, -0.2) is 0 Å². The standard InChI is InChI=1S/C14H22N2O2/c1-9(2)18-12-7-6-10(15)8-11(12)13(17)16-14(3,4)5/h6-9H,15H2,1-5H3,(H,16,17). The first kappa shape index (κ1) is 14.4. The lowest BCUT2D eigenvalue weighted by atomic mass is 10.1. The molecule has 0 saturated carbocycles. The van der Waals surface area contributed by atoms with Crippen molar-refractivity contribution in [1.82, 2.24) is 5.32 Å². The molecule has 0 fully saturated rings. The van der Waals surface area contributed by atoms with Crippen LogP contribution in [-0.2, 0) is 0 Å². The van der Waals surface area contributed by atoms with E-state index in [4.69, 9.17) is 10.5 Å². The summed E-state index contributed by atoms with van der Waals surface area (Å²) in [5.74, 6) is 0.381. The molecule has 0 unspecified atom stereocenters. The SMILES string of the molecule is CC(C)Oc1ccc(N)cc1C(=O)NC(C)(C)C. The van der Waals surface area contributed by atoms with Gasteiger partial charge in [-0.3, -0.25) is 4.79 Å². The fraction of sp³-hybridized carbons (Fsp3) is 0.500. The summed E-state index contributed by atoms with van der Waals surface area (Å²) in [5, 5.41) is 2.90. The summed E-state index contributed by atoms with van der Waals surface area (Å²) in [6, 6.07) is 5.09. The average molecular weight is 250 g/mol. The molecule has 3 N–H and O–H groups in total. The zero-order valence-corrected chi connectivity index (χ0v) is 11.7. The Bertz CT molecular complexity index is 434. The highest BCUT2D eigenvalue weighted by Crippen LogP contribution is 2.23. The number of hydrogen-bond donors (Lipinski definition) is 2. The highest BCUT2D eigenvalue weighted by atomic mass is 16.5. The Morgan fingerprint density at radius 1 is 1.33 bits per heavy atom. The minimum Gasteiger partial charge on any atom is -0.490 e. The van der Waals surface area contributed by atoms with E-state index >= 15 is 0 Å². The number of nitrogens with two attached hydrogens (primary N) is 1. The molecule has 0 spiro atoms. The third-order valence-electron chi connectivity index (χ3n) is 2.10. The van der Waals surface area contributed by atoms with Crippen LogP contribution in [0.2, 0.25) is 0 Å². The van der Waals surface area contributed by atoms with E-state index in [1.165, 1.54) is 0 Å². The van der Waals surface area contributed by atoms with Crippen LogP contribution < -0.4 is 15.8 Å².